The number of hydrogen-bond acceptors (Lipinski definition) is 2. The fraction of sp³-hybridized carbons (Fsp3) is 0.708. The third-order valence-electron chi connectivity index (χ3n) is 8.26. The molecule has 26 heavy (non-hydrogen) atoms. The van der Waals surface area contributed by atoms with Crippen LogP contribution in [0.1, 0.15) is 70.3 Å². The van der Waals surface area contributed by atoms with Crippen molar-refractivity contribution in [2.45, 2.75) is 70.1 Å². The highest BCUT2D eigenvalue weighted by Crippen LogP contribution is 2.70. The summed E-state index contributed by atoms with van der Waals surface area (Å²) in [7, 11) is 0. The zero-order chi connectivity index (χ0) is 17.8. The Balaban J connectivity index is 1.46. The third kappa shape index (κ3) is 2.68. The molecule has 1 N–H and O–H groups in total. The van der Waals surface area contributed by atoms with Crippen molar-refractivity contribution >= 4 is 5.78 Å². The minimum Gasteiger partial charge on any atom is -0.317 e. The molecule has 2 nitrogen and oxygen atoms in total. The molecule has 1 saturated heterocycles. The standard InChI is InChI=1S/C24H33NO/c1-22-12-19-13-23(15-22,20-5-3-2-4-6-20)17-24(14-19,16-22)21(26)11-18-7-9-25-10-8-18/h2-6,18-19,25H,7-17H2,1H3/t19?,22-,23-,24?/m0/s1. The fourth-order valence-electron chi connectivity index (χ4n) is 7.91. The second-order valence-corrected chi connectivity index (χ2v) is 10.6. The van der Waals surface area contributed by atoms with E-state index in [0.717, 1.165) is 38.3 Å². The van der Waals surface area contributed by atoms with Crippen molar-refractivity contribution in [2.24, 2.45) is 22.7 Å². The van der Waals surface area contributed by atoms with Gasteiger partial charge in [0.15, 0.2) is 0 Å². The highest BCUT2D eigenvalue weighted by Gasteiger charge is 2.64. The molecule has 5 fully saturated rings. The van der Waals surface area contributed by atoms with Crippen molar-refractivity contribution < 1.29 is 4.79 Å². The highest BCUT2D eigenvalue weighted by atomic mass is 16.1. The Morgan fingerprint density at radius 1 is 1.04 bits per heavy atom. The monoisotopic (exact) mass is 351 g/mol. The zero-order valence-electron chi connectivity index (χ0n) is 16.2. The van der Waals surface area contributed by atoms with E-state index < -0.39 is 0 Å². The van der Waals surface area contributed by atoms with Gasteiger partial charge in [-0.2, -0.15) is 0 Å². The average Bonchev–Trinajstić information content (AvgIpc) is 2.61. The van der Waals surface area contributed by atoms with Crippen molar-refractivity contribution in [3.63, 3.8) is 0 Å². The van der Waals surface area contributed by atoms with E-state index in [2.05, 4.69) is 42.6 Å². The maximum Gasteiger partial charge on any atom is 0.139 e. The molecule has 0 aromatic heterocycles. The van der Waals surface area contributed by atoms with Crippen LogP contribution >= 0.6 is 0 Å². The first-order valence-corrected chi connectivity index (χ1v) is 10.8. The van der Waals surface area contributed by atoms with E-state index in [9.17, 15) is 4.79 Å². The van der Waals surface area contributed by atoms with Crippen LogP contribution in [0.2, 0.25) is 0 Å². The molecular weight excluding hydrogens is 318 g/mol. The molecule has 2 heteroatoms. The van der Waals surface area contributed by atoms with Crippen LogP contribution in [-0.4, -0.2) is 18.9 Å². The van der Waals surface area contributed by atoms with Gasteiger partial charge in [0.05, 0.1) is 0 Å². The molecule has 2 unspecified atom stereocenters. The van der Waals surface area contributed by atoms with Gasteiger partial charge in [0.1, 0.15) is 5.78 Å². The quantitative estimate of drug-likeness (QED) is 0.838. The number of Topliss-reactive ketones (excluding diaryl/α,β-unsaturated/α-hetero) is 1. The predicted octanol–water partition coefficient (Wildman–Crippen LogP) is 4.87. The minimum atomic E-state index is -0.0190. The predicted molar refractivity (Wildman–Crippen MR) is 105 cm³/mol. The van der Waals surface area contributed by atoms with Gasteiger partial charge in [-0.1, -0.05) is 37.3 Å². The van der Waals surface area contributed by atoms with E-state index in [1.807, 2.05) is 0 Å². The lowest BCUT2D eigenvalue weighted by molar-refractivity contribution is -0.159. The van der Waals surface area contributed by atoms with Gasteiger partial charge in [0.25, 0.3) is 0 Å². The Morgan fingerprint density at radius 2 is 1.81 bits per heavy atom. The highest BCUT2D eigenvalue weighted by molar-refractivity contribution is 5.86. The molecule has 1 heterocycles. The Kier molecular flexibility index (Phi) is 3.87. The van der Waals surface area contributed by atoms with E-state index in [4.69, 9.17) is 0 Å². The molecule has 4 aliphatic carbocycles. The first kappa shape index (κ1) is 17.0. The van der Waals surface area contributed by atoms with E-state index >= 15 is 0 Å². The minimum absolute atomic E-state index is 0.0190. The van der Waals surface area contributed by atoms with Gasteiger partial charge < -0.3 is 5.32 Å². The fourth-order valence-corrected chi connectivity index (χ4v) is 7.91. The van der Waals surface area contributed by atoms with E-state index in [-0.39, 0.29) is 10.8 Å². The first-order valence-electron chi connectivity index (χ1n) is 10.8. The number of ketones is 1. The molecule has 1 aromatic carbocycles. The van der Waals surface area contributed by atoms with Crippen LogP contribution in [0, 0.1) is 22.7 Å². The maximum atomic E-state index is 13.7. The first-order chi connectivity index (χ1) is 12.5. The molecule has 6 rings (SSSR count). The summed E-state index contributed by atoms with van der Waals surface area (Å²) in [6, 6.07) is 11.2. The Labute approximate surface area is 158 Å². The van der Waals surface area contributed by atoms with Crippen LogP contribution < -0.4 is 5.32 Å². The molecule has 1 aliphatic heterocycles. The van der Waals surface area contributed by atoms with Crippen LogP contribution in [0.3, 0.4) is 0 Å². The molecule has 0 amide bonds. The molecule has 4 atom stereocenters. The zero-order valence-corrected chi connectivity index (χ0v) is 16.2. The smallest absolute Gasteiger partial charge is 0.139 e. The number of carbonyl (C=O) groups is 1. The van der Waals surface area contributed by atoms with Gasteiger partial charge in [-0.25, -0.2) is 0 Å². The number of rotatable bonds is 4. The second-order valence-electron chi connectivity index (χ2n) is 10.6. The lowest BCUT2D eigenvalue weighted by Gasteiger charge is -2.66. The van der Waals surface area contributed by atoms with Gasteiger partial charge >= 0.3 is 0 Å². The van der Waals surface area contributed by atoms with Gasteiger partial charge in [0.2, 0.25) is 0 Å². The molecule has 1 aromatic rings. The summed E-state index contributed by atoms with van der Waals surface area (Å²) >= 11 is 0. The molecule has 4 bridgehead atoms. The van der Waals surface area contributed by atoms with Gasteiger partial charge in [0, 0.05) is 11.8 Å². The van der Waals surface area contributed by atoms with Crippen molar-refractivity contribution in [3.8, 4) is 0 Å². The van der Waals surface area contributed by atoms with Crippen LogP contribution in [0.5, 0.6) is 0 Å². The number of carbonyl (C=O) groups excluding carboxylic acids is 1. The summed E-state index contributed by atoms with van der Waals surface area (Å²) in [4.78, 5) is 13.7. The molecule has 5 aliphatic rings. The van der Waals surface area contributed by atoms with Crippen molar-refractivity contribution in [1.29, 1.82) is 0 Å². The number of piperidine rings is 1. The van der Waals surface area contributed by atoms with Gasteiger partial charge in [-0.15, -0.1) is 0 Å². The number of nitrogens with one attached hydrogen (secondary N) is 1. The number of hydrogen-bond donors (Lipinski definition) is 1. The molecular formula is C24H33NO. The number of benzene rings is 1. The maximum absolute atomic E-state index is 13.7. The van der Waals surface area contributed by atoms with Crippen LogP contribution in [0.25, 0.3) is 0 Å². The lowest BCUT2D eigenvalue weighted by atomic mass is 9.38. The summed E-state index contributed by atoms with van der Waals surface area (Å²) in [6.07, 6.45) is 10.6. The SMILES string of the molecule is C[C@@]12CC3CC(C(=O)CC4CCNCC4)(C1)C[C@](c1ccccc1)(C3)C2. The molecule has 0 spiro atoms. The second kappa shape index (κ2) is 5.92. The van der Waals surface area contributed by atoms with E-state index in [1.165, 1.54) is 44.1 Å². The van der Waals surface area contributed by atoms with Crippen LogP contribution in [0.4, 0.5) is 0 Å². The van der Waals surface area contributed by atoms with Gasteiger partial charge in [-0.05, 0) is 92.7 Å². The topological polar surface area (TPSA) is 29.1 Å². The van der Waals surface area contributed by atoms with E-state index in [0.29, 0.717) is 17.1 Å². The summed E-state index contributed by atoms with van der Waals surface area (Å²) in [5, 5.41) is 3.45. The van der Waals surface area contributed by atoms with Crippen molar-refractivity contribution in [3.05, 3.63) is 35.9 Å². The Hall–Kier alpha value is -1.15. The Morgan fingerprint density at radius 3 is 2.54 bits per heavy atom. The molecule has 0 radical (unpaired) electrons. The summed E-state index contributed by atoms with van der Waals surface area (Å²) in [5.74, 6) is 2.01. The van der Waals surface area contributed by atoms with Crippen molar-refractivity contribution in [1.82, 2.24) is 5.32 Å². The normalized spacial score (nSPS) is 42.1. The van der Waals surface area contributed by atoms with Gasteiger partial charge in [-0.3, -0.25) is 4.79 Å². The summed E-state index contributed by atoms with van der Waals surface area (Å²) in [5.41, 5.74) is 2.13. The lowest BCUT2D eigenvalue weighted by Crippen LogP contribution is -2.60. The third-order valence-corrected chi connectivity index (χ3v) is 8.26. The summed E-state index contributed by atoms with van der Waals surface area (Å²) < 4.78 is 0. The van der Waals surface area contributed by atoms with Crippen LogP contribution in [-0.2, 0) is 10.2 Å². The summed E-state index contributed by atoms with van der Waals surface area (Å²) in [6.45, 7) is 4.68. The van der Waals surface area contributed by atoms with E-state index in [1.54, 1.807) is 0 Å². The molecule has 4 saturated carbocycles. The Bertz CT molecular complexity index is 693. The molecule has 140 valence electrons. The van der Waals surface area contributed by atoms with Crippen molar-refractivity contribution in [2.75, 3.05) is 13.1 Å². The largest absolute Gasteiger partial charge is 0.317 e. The average molecular weight is 352 g/mol. The van der Waals surface area contributed by atoms with Crippen LogP contribution in [0.15, 0.2) is 30.3 Å².